The highest BCUT2D eigenvalue weighted by Crippen LogP contribution is 2.37. The summed E-state index contributed by atoms with van der Waals surface area (Å²) in [6.45, 7) is 3.58. The van der Waals surface area contributed by atoms with Crippen LogP contribution in [0.1, 0.15) is 22.3 Å². The van der Waals surface area contributed by atoms with Crippen LogP contribution in [0.2, 0.25) is 5.02 Å². The van der Waals surface area contributed by atoms with Crippen molar-refractivity contribution in [1.82, 2.24) is 0 Å². The summed E-state index contributed by atoms with van der Waals surface area (Å²) in [5, 5.41) is 0.197. The van der Waals surface area contributed by atoms with E-state index in [2.05, 4.69) is 4.99 Å². The van der Waals surface area contributed by atoms with E-state index in [1.165, 1.54) is 13.2 Å². The Bertz CT molecular complexity index is 1040. The van der Waals surface area contributed by atoms with E-state index in [9.17, 15) is 9.59 Å². The van der Waals surface area contributed by atoms with Crippen molar-refractivity contribution in [3.8, 4) is 11.5 Å². The lowest BCUT2D eigenvalue weighted by atomic mass is 10.1. The van der Waals surface area contributed by atoms with Gasteiger partial charge in [0.2, 0.25) is 5.90 Å². The number of hydrogen-bond acceptors (Lipinski definition) is 6. The number of aliphatic imine (C=N–C) groups is 1. The summed E-state index contributed by atoms with van der Waals surface area (Å²) in [6, 6.07) is 8.98. The Labute approximate surface area is 172 Å². The summed E-state index contributed by atoms with van der Waals surface area (Å²) < 4.78 is 15.9. The summed E-state index contributed by atoms with van der Waals surface area (Å²) in [5.74, 6) is -0.494. The molecule has 0 aromatic heterocycles. The standard InChI is InChI=1S/C21H19ClN2O5/c1-11-4-12(2)6-14(5-11)20-24-16(21(26)29-20)8-13-7-15(22)19(17(9-13)27-3)28-10-18(23)25/h4-9H,10H2,1-3H3,(H2,23,25)/b16-8-. The molecule has 2 aromatic rings. The molecule has 1 heterocycles. The average Bonchev–Trinajstić information content (AvgIpc) is 3.00. The molecule has 0 saturated carbocycles. The van der Waals surface area contributed by atoms with Gasteiger partial charge in [0.1, 0.15) is 0 Å². The second kappa shape index (κ2) is 8.36. The average molecular weight is 415 g/mol. The van der Waals surface area contributed by atoms with Gasteiger partial charge in [0.05, 0.1) is 12.1 Å². The van der Waals surface area contributed by atoms with E-state index in [0.29, 0.717) is 5.56 Å². The molecular formula is C21H19ClN2O5. The van der Waals surface area contributed by atoms with Gasteiger partial charge in [-0.1, -0.05) is 28.8 Å². The molecule has 0 radical (unpaired) electrons. The molecule has 0 fully saturated rings. The van der Waals surface area contributed by atoms with Gasteiger partial charge in [0, 0.05) is 5.56 Å². The van der Waals surface area contributed by atoms with Crippen LogP contribution in [-0.2, 0) is 14.3 Å². The van der Waals surface area contributed by atoms with E-state index in [4.69, 9.17) is 31.5 Å². The van der Waals surface area contributed by atoms with Crippen LogP contribution in [-0.4, -0.2) is 31.5 Å². The monoisotopic (exact) mass is 414 g/mol. The lowest BCUT2D eigenvalue weighted by Crippen LogP contribution is -2.20. The molecule has 0 unspecified atom stereocenters. The Kier molecular flexibility index (Phi) is 5.89. The van der Waals surface area contributed by atoms with E-state index in [-0.39, 0.29) is 34.7 Å². The highest BCUT2D eigenvalue weighted by molar-refractivity contribution is 6.32. The molecule has 150 valence electrons. The maximum Gasteiger partial charge on any atom is 0.363 e. The molecular weight excluding hydrogens is 396 g/mol. The van der Waals surface area contributed by atoms with Crippen molar-refractivity contribution >= 4 is 35.5 Å². The summed E-state index contributed by atoms with van der Waals surface area (Å²) in [6.07, 6.45) is 1.53. The van der Waals surface area contributed by atoms with Gasteiger partial charge in [-0.3, -0.25) is 4.79 Å². The Morgan fingerprint density at radius 2 is 1.90 bits per heavy atom. The summed E-state index contributed by atoms with van der Waals surface area (Å²) in [4.78, 5) is 27.5. The molecule has 0 bridgehead atoms. The molecule has 0 atom stereocenters. The van der Waals surface area contributed by atoms with E-state index in [1.54, 1.807) is 12.1 Å². The number of ether oxygens (including phenoxy) is 3. The lowest BCUT2D eigenvalue weighted by Gasteiger charge is -2.12. The molecule has 2 N–H and O–H groups in total. The quantitative estimate of drug-likeness (QED) is 0.578. The van der Waals surface area contributed by atoms with Crippen LogP contribution in [0, 0.1) is 13.8 Å². The minimum absolute atomic E-state index is 0.128. The van der Waals surface area contributed by atoms with Gasteiger partial charge in [0.25, 0.3) is 5.91 Å². The van der Waals surface area contributed by atoms with Gasteiger partial charge in [-0.25, -0.2) is 9.79 Å². The first-order chi connectivity index (χ1) is 13.8. The minimum Gasteiger partial charge on any atom is -0.493 e. The summed E-state index contributed by atoms with van der Waals surface area (Å²) in [5.41, 5.74) is 8.58. The third-order valence-electron chi connectivity index (χ3n) is 4.00. The third-order valence-corrected chi connectivity index (χ3v) is 4.28. The number of cyclic esters (lactones) is 1. The molecule has 0 saturated heterocycles. The number of nitrogens with zero attached hydrogens (tertiary/aromatic N) is 1. The summed E-state index contributed by atoms with van der Waals surface area (Å²) >= 11 is 6.24. The topological polar surface area (TPSA) is 100 Å². The van der Waals surface area contributed by atoms with E-state index >= 15 is 0 Å². The molecule has 2 aromatic carbocycles. The number of rotatable bonds is 6. The first kappa shape index (κ1) is 20.4. The molecule has 0 aliphatic carbocycles. The molecule has 1 aliphatic rings. The zero-order valence-electron chi connectivity index (χ0n) is 16.1. The number of halogens is 1. The predicted octanol–water partition coefficient (Wildman–Crippen LogP) is 3.17. The number of hydrogen-bond donors (Lipinski definition) is 1. The first-order valence-corrected chi connectivity index (χ1v) is 9.04. The number of benzene rings is 2. The van der Waals surface area contributed by atoms with Crippen LogP contribution < -0.4 is 15.2 Å². The van der Waals surface area contributed by atoms with E-state index < -0.39 is 11.9 Å². The predicted molar refractivity (Wildman–Crippen MR) is 109 cm³/mol. The van der Waals surface area contributed by atoms with Crippen LogP contribution in [0.5, 0.6) is 11.5 Å². The fraction of sp³-hybridized carbons (Fsp3) is 0.190. The Hall–Kier alpha value is -3.32. The normalized spacial score (nSPS) is 14.6. The Morgan fingerprint density at radius 3 is 2.52 bits per heavy atom. The van der Waals surface area contributed by atoms with Crippen LogP contribution in [0.3, 0.4) is 0 Å². The van der Waals surface area contributed by atoms with Gasteiger partial charge >= 0.3 is 5.97 Å². The molecule has 8 heteroatoms. The number of nitrogens with two attached hydrogens (primary N) is 1. The SMILES string of the molecule is COc1cc(/C=C2\N=C(c3cc(C)cc(C)c3)OC2=O)cc(Cl)c1OCC(N)=O. The molecule has 29 heavy (non-hydrogen) atoms. The maximum absolute atomic E-state index is 12.3. The largest absolute Gasteiger partial charge is 0.493 e. The Balaban J connectivity index is 1.94. The number of aryl methyl sites for hydroxylation is 2. The van der Waals surface area contributed by atoms with Crippen molar-refractivity contribution in [3.05, 3.63) is 63.3 Å². The van der Waals surface area contributed by atoms with Gasteiger partial charge in [-0.05, 0) is 49.8 Å². The van der Waals surface area contributed by atoms with Gasteiger partial charge < -0.3 is 19.9 Å². The van der Waals surface area contributed by atoms with Crippen molar-refractivity contribution in [2.75, 3.05) is 13.7 Å². The lowest BCUT2D eigenvalue weighted by molar-refractivity contribution is -0.130. The van der Waals surface area contributed by atoms with Gasteiger partial charge in [-0.15, -0.1) is 0 Å². The number of amides is 1. The van der Waals surface area contributed by atoms with Crippen molar-refractivity contribution in [1.29, 1.82) is 0 Å². The van der Waals surface area contributed by atoms with E-state index in [1.807, 2.05) is 32.0 Å². The second-order valence-corrected chi connectivity index (χ2v) is 6.91. The minimum atomic E-state index is -0.642. The fourth-order valence-electron chi connectivity index (χ4n) is 2.90. The zero-order chi connectivity index (χ0) is 21.1. The molecule has 3 rings (SSSR count). The van der Waals surface area contributed by atoms with Gasteiger partial charge in [-0.2, -0.15) is 0 Å². The number of carbonyl (C=O) groups is 2. The van der Waals surface area contributed by atoms with Crippen LogP contribution >= 0.6 is 11.6 Å². The molecule has 0 spiro atoms. The smallest absolute Gasteiger partial charge is 0.363 e. The maximum atomic E-state index is 12.3. The number of primary amides is 1. The summed E-state index contributed by atoms with van der Waals surface area (Å²) in [7, 11) is 1.43. The zero-order valence-corrected chi connectivity index (χ0v) is 16.9. The number of esters is 1. The molecule has 1 aliphatic heterocycles. The van der Waals surface area contributed by atoms with Crippen molar-refractivity contribution in [3.63, 3.8) is 0 Å². The Morgan fingerprint density at radius 1 is 1.21 bits per heavy atom. The van der Waals surface area contributed by atoms with E-state index in [0.717, 1.165) is 16.7 Å². The highest BCUT2D eigenvalue weighted by Gasteiger charge is 2.25. The highest BCUT2D eigenvalue weighted by atomic mass is 35.5. The van der Waals surface area contributed by atoms with Crippen LogP contribution in [0.4, 0.5) is 0 Å². The van der Waals surface area contributed by atoms with Crippen LogP contribution in [0.25, 0.3) is 6.08 Å². The molecule has 7 nitrogen and oxygen atoms in total. The van der Waals surface area contributed by atoms with Crippen molar-refractivity contribution in [2.45, 2.75) is 13.8 Å². The van der Waals surface area contributed by atoms with Crippen LogP contribution in [0.15, 0.2) is 41.0 Å². The van der Waals surface area contributed by atoms with Gasteiger partial charge in [0.15, 0.2) is 23.8 Å². The molecule has 1 amide bonds. The second-order valence-electron chi connectivity index (χ2n) is 6.50. The first-order valence-electron chi connectivity index (χ1n) is 8.66. The third kappa shape index (κ3) is 4.75. The number of carbonyl (C=O) groups excluding carboxylic acids is 2. The van der Waals surface area contributed by atoms with Crippen molar-refractivity contribution in [2.24, 2.45) is 10.7 Å². The fourth-order valence-corrected chi connectivity index (χ4v) is 3.17. The van der Waals surface area contributed by atoms with Crippen molar-refractivity contribution < 1.29 is 23.8 Å². The number of methoxy groups -OCH3 is 1.